The first-order valence-corrected chi connectivity index (χ1v) is 10.4. The molecule has 1 N–H and O–H groups in total. The van der Waals surface area contributed by atoms with Gasteiger partial charge in [0.25, 0.3) is 5.91 Å². The zero-order valence-corrected chi connectivity index (χ0v) is 16.7. The highest BCUT2D eigenvalue weighted by Gasteiger charge is 2.52. The molecular formula is C22H29N3O3. The Labute approximate surface area is 166 Å². The number of nitrogens with one attached hydrogen (secondary N) is 1. The molecule has 1 saturated carbocycles. The topological polar surface area (TPSA) is 69.7 Å². The van der Waals surface area contributed by atoms with Crippen molar-refractivity contribution in [2.24, 2.45) is 5.92 Å². The van der Waals surface area contributed by atoms with Gasteiger partial charge in [-0.1, -0.05) is 37.6 Å². The molecule has 6 nitrogen and oxygen atoms in total. The summed E-state index contributed by atoms with van der Waals surface area (Å²) in [7, 11) is 1.77. The summed E-state index contributed by atoms with van der Waals surface area (Å²) in [6.07, 6.45) is 6.17. The van der Waals surface area contributed by atoms with Crippen molar-refractivity contribution in [3.8, 4) is 0 Å². The van der Waals surface area contributed by atoms with Crippen LogP contribution in [0.5, 0.6) is 0 Å². The predicted octanol–water partition coefficient (Wildman–Crippen LogP) is 3.02. The van der Waals surface area contributed by atoms with Crippen molar-refractivity contribution in [2.75, 3.05) is 13.6 Å². The van der Waals surface area contributed by atoms with Gasteiger partial charge in [-0.25, -0.2) is 4.79 Å². The van der Waals surface area contributed by atoms with E-state index in [1.54, 1.807) is 11.9 Å². The highest BCUT2D eigenvalue weighted by atomic mass is 16.2. The van der Waals surface area contributed by atoms with Gasteiger partial charge in [-0.15, -0.1) is 0 Å². The molecule has 0 bridgehead atoms. The average molecular weight is 383 g/mol. The van der Waals surface area contributed by atoms with Crippen molar-refractivity contribution in [2.45, 2.75) is 63.5 Å². The van der Waals surface area contributed by atoms with Crippen molar-refractivity contribution in [1.29, 1.82) is 0 Å². The van der Waals surface area contributed by atoms with E-state index in [2.05, 4.69) is 24.4 Å². The largest absolute Gasteiger partial charge is 0.337 e. The van der Waals surface area contributed by atoms with Crippen LogP contribution in [0.4, 0.5) is 4.79 Å². The first-order valence-electron chi connectivity index (χ1n) is 10.4. The van der Waals surface area contributed by atoms with E-state index in [1.165, 1.54) is 11.1 Å². The Hall–Kier alpha value is -2.37. The third-order valence-electron chi connectivity index (χ3n) is 7.04. The fourth-order valence-corrected chi connectivity index (χ4v) is 5.09. The molecule has 1 aliphatic heterocycles. The van der Waals surface area contributed by atoms with Crippen LogP contribution in [-0.2, 0) is 16.0 Å². The maximum atomic E-state index is 13.0. The Balaban J connectivity index is 1.43. The summed E-state index contributed by atoms with van der Waals surface area (Å²) in [4.78, 5) is 41.3. The van der Waals surface area contributed by atoms with Gasteiger partial charge in [0.15, 0.2) is 0 Å². The van der Waals surface area contributed by atoms with Gasteiger partial charge in [-0.05, 0) is 55.6 Å². The second-order valence-electron chi connectivity index (χ2n) is 8.51. The van der Waals surface area contributed by atoms with Crippen LogP contribution in [0, 0.1) is 5.92 Å². The van der Waals surface area contributed by atoms with Crippen LogP contribution < -0.4 is 5.32 Å². The summed E-state index contributed by atoms with van der Waals surface area (Å²) in [5.41, 5.74) is 1.65. The number of amides is 4. The fraction of sp³-hybridized carbons (Fsp3) is 0.591. The Morgan fingerprint density at radius 2 is 1.93 bits per heavy atom. The van der Waals surface area contributed by atoms with E-state index < -0.39 is 11.6 Å². The summed E-state index contributed by atoms with van der Waals surface area (Å²) in [6.45, 7) is 1.98. The molecule has 0 aromatic heterocycles. The molecule has 4 rings (SSSR count). The Morgan fingerprint density at radius 1 is 1.21 bits per heavy atom. The number of benzene rings is 1. The number of carbonyl (C=O) groups excluding carboxylic acids is 3. The minimum absolute atomic E-state index is 0.0124. The normalized spacial score (nSPS) is 29.1. The van der Waals surface area contributed by atoms with Crippen LogP contribution in [-0.4, -0.2) is 46.8 Å². The molecule has 1 spiro atoms. The van der Waals surface area contributed by atoms with Crippen LogP contribution in [0.2, 0.25) is 0 Å². The number of aryl methyl sites for hydroxylation is 1. The number of nitrogens with zero attached hydrogens (tertiary/aromatic N) is 2. The lowest BCUT2D eigenvalue weighted by molar-refractivity contribution is -0.140. The van der Waals surface area contributed by atoms with Crippen LogP contribution in [0.3, 0.4) is 0 Å². The van der Waals surface area contributed by atoms with Gasteiger partial charge in [0, 0.05) is 7.05 Å². The van der Waals surface area contributed by atoms with Gasteiger partial charge in [0.05, 0.1) is 6.04 Å². The minimum atomic E-state index is -0.790. The quantitative estimate of drug-likeness (QED) is 0.813. The van der Waals surface area contributed by atoms with Crippen molar-refractivity contribution >= 4 is 17.8 Å². The molecule has 1 heterocycles. The van der Waals surface area contributed by atoms with E-state index in [1.807, 2.05) is 12.1 Å². The molecule has 28 heavy (non-hydrogen) atoms. The summed E-state index contributed by atoms with van der Waals surface area (Å²) < 4.78 is 0. The van der Waals surface area contributed by atoms with Gasteiger partial charge < -0.3 is 10.2 Å². The summed E-state index contributed by atoms with van der Waals surface area (Å²) >= 11 is 0. The molecule has 2 aliphatic carbocycles. The number of hydrogen-bond donors (Lipinski definition) is 1. The van der Waals surface area contributed by atoms with E-state index in [4.69, 9.17) is 0 Å². The standard InChI is InChI=1S/C22H29N3O3/c1-3-15-10-12-22(13-11-15)20(27)25(21(28)23-22)14-19(26)24(2)18-9-8-16-6-4-5-7-17(16)18/h4-7,15,18H,3,8-14H2,1-2H3,(H,23,28). The second kappa shape index (κ2) is 7.22. The van der Waals surface area contributed by atoms with Gasteiger partial charge in [0.1, 0.15) is 12.1 Å². The molecular weight excluding hydrogens is 354 g/mol. The van der Waals surface area contributed by atoms with Crippen molar-refractivity contribution < 1.29 is 14.4 Å². The first-order chi connectivity index (χ1) is 13.4. The molecule has 1 saturated heterocycles. The number of likely N-dealkylation sites (N-methyl/N-ethyl adjacent to an activating group) is 1. The molecule has 0 radical (unpaired) electrons. The van der Waals surface area contributed by atoms with Gasteiger partial charge in [0.2, 0.25) is 5.91 Å². The molecule has 1 unspecified atom stereocenters. The predicted molar refractivity (Wildman–Crippen MR) is 105 cm³/mol. The Morgan fingerprint density at radius 3 is 2.64 bits per heavy atom. The van der Waals surface area contributed by atoms with Gasteiger partial charge in [-0.3, -0.25) is 14.5 Å². The lowest BCUT2D eigenvalue weighted by atomic mass is 9.75. The maximum absolute atomic E-state index is 13.0. The summed E-state index contributed by atoms with van der Waals surface area (Å²) in [5, 5.41) is 2.91. The second-order valence-corrected chi connectivity index (χ2v) is 8.51. The van der Waals surface area contributed by atoms with E-state index in [-0.39, 0.29) is 24.4 Å². The molecule has 150 valence electrons. The first kappa shape index (κ1) is 19.0. The fourth-order valence-electron chi connectivity index (χ4n) is 5.09. The highest BCUT2D eigenvalue weighted by Crippen LogP contribution is 2.38. The monoisotopic (exact) mass is 383 g/mol. The van der Waals surface area contributed by atoms with Crippen LogP contribution in [0.15, 0.2) is 24.3 Å². The molecule has 1 atom stereocenters. The molecule has 2 fully saturated rings. The lowest BCUT2D eigenvalue weighted by Gasteiger charge is -2.34. The number of rotatable bonds is 4. The van der Waals surface area contributed by atoms with Crippen molar-refractivity contribution in [1.82, 2.24) is 15.1 Å². The third-order valence-corrected chi connectivity index (χ3v) is 7.04. The summed E-state index contributed by atoms with van der Waals surface area (Å²) in [5.74, 6) is 0.213. The number of fused-ring (bicyclic) bond motifs is 1. The smallest absolute Gasteiger partial charge is 0.325 e. The zero-order chi connectivity index (χ0) is 19.9. The molecule has 4 amide bonds. The molecule has 3 aliphatic rings. The minimum Gasteiger partial charge on any atom is -0.337 e. The number of imide groups is 1. The van der Waals surface area contributed by atoms with Crippen LogP contribution in [0.25, 0.3) is 0 Å². The molecule has 1 aromatic carbocycles. The average Bonchev–Trinajstić information content (AvgIpc) is 3.23. The van der Waals surface area contributed by atoms with E-state index in [0.29, 0.717) is 18.8 Å². The zero-order valence-electron chi connectivity index (χ0n) is 16.7. The number of urea groups is 1. The Kier molecular flexibility index (Phi) is 4.89. The Bertz CT molecular complexity index is 798. The lowest BCUT2D eigenvalue weighted by Crippen LogP contribution is -2.50. The SMILES string of the molecule is CCC1CCC2(CC1)NC(=O)N(CC(=O)N(C)C1CCc3ccccc31)C2=O. The van der Waals surface area contributed by atoms with E-state index in [9.17, 15) is 14.4 Å². The van der Waals surface area contributed by atoms with Crippen LogP contribution >= 0.6 is 0 Å². The van der Waals surface area contributed by atoms with Gasteiger partial charge in [-0.2, -0.15) is 0 Å². The highest BCUT2D eigenvalue weighted by molar-refractivity contribution is 6.09. The summed E-state index contributed by atoms with van der Waals surface area (Å²) in [6, 6.07) is 7.76. The maximum Gasteiger partial charge on any atom is 0.325 e. The number of hydrogen-bond acceptors (Lipinski definition) is 3. The molecule has 6 heteroatoms. The van der Waals surface area contributed by atoms with Crippen molar-refractivity contribution in [3.05, 3.63) is 35.4 Å². The van der Waals surface area contributed by atoms with Crippen LogP contribution in [0.1, 0.15) is 62.6 Å². The molecule has 1 aromatic rings. The van der Waals surface area contributed by atoms with E-state index in [0.717, 1.165) is 37.0 Å². The van der Waals surface area contributed by atoms with Gasteiger partial charge >= 0.3 is 6.03 Å². The number of carbonyl (C=O) groups is 3. The third kappa shape index (κ3) is 3.09. The van der Waals surface area contributed by atoms with Crippen molar-refractivity contribution in [3.63, 3.8) is 0 Å². The van der Waals surface area contributed by atoms with E-state index >= 15 is 0 Å².